The molecular formula is C10H17N5O3. The Bertz CT molecular complexity index is 412. The van der Waals surface area contributed by atoms with Gasteiger partial charge in [-0.15, -0.1) is 0 Å². The topological polar surface area (TPSA) is 102 Å². The molecule has 8 nitrogen and oxygen atoms in total. The molecule has 1 aromatic heterocycles. The predicted octanol–water partition coefficient (Wildman–Crippen LogP) is 1.26. The van der Waals surface area contributed by atoms with E-state index in [0.29, 0.717) is 6.61 Å². The average molecular weight is 255 g/mol. The number of ether oxygens (including phenoxy) is 1. The van der Waals surface area contributed by atoms with Crippen molar-refractivity contribution in [2.45, 2.75) is 19.4 Å². The molecule has 0 fully saturated rings. The molecule has 18 heavy (non-hydrogen) atoms. The summed E-state index contributed by atoms with van der Waals surface area (Å²) in [6.07, 6.45) is 2.05. The van der Waals surface area contributed by atoms with Gasteiger partial charge in [0.1, 0.15) is 6.33 Å². The fourth-order valence-corrected chi connectivity index (χ4v) is 1.50. The Kier molecular flexibility index (Phi) is 5.25. The summed E-state index contributed by atoms with van der Waals surface area (Å²) in [5.74, 6) is 0.382. The van der Waals surface area contributed by atoms with E-state index in [2.05, 4.69) is 20.6 Å². The quantitative estimate of drug-likeness (QED) is 0.558. The van der Waals surface area contributed by atoms with Gasteiger partial charge in [-0.3, -0.25) is 10.1 Å². The van der Waals surface area contributed by atoms with Crippen molar-refractivity contribution in [2.24, 2.45) is 0 Å². The van der Waals surface area contributed by atoms with Crippen LogP contribution in [0.2, 0.25) is 0 Å². The molecule has 1 heterocycles. The molecule has 0 aliphatic heterocycles. The predicted molar refractivity (Wildman–Crippen MR) is 67.8 cm³/mol. The van der Waals surface area contributed by atoms with E-state index < -0.39 is 4.92 Å². The van der Waals surface area contributed by atoms with Crippen LogP contribution in [0.15, 0.2) is 6.33 Å². The monoisotopic (exact) mass is 255 g/mol. The lowest BCUT2D eigenvalue weighted by molar-refractivity contribution is -0.383. The van der Waals surface area contributed by atoms with Gasteiger partial charge in [-0.25, -0.2) is 9.97 Å². The maximum Gasteiger partial charge on any atom is 0.353 e. The molecule has 1 aromatic rings. The molecule has 0 saturated carbocycles. The zero-order valence-corrected chi connectivity index (χ0v) is 10.6. The molecule has 0 radical (unpaired) electrons. The van der Waals surface area contributed by atoms with E-state index >= 15 is 0 Å². The normalized spacial score (nSPS) is 11.9. The summed E-state index contributed by atoms with van der Waals surface area (Å²) in [7, 11) is 3.16. The van der Waals surface area contributed by atoms with Crippen LogP contribution in [0, 0.1) is 10.1 Å². The molecule has 8 heteroatoms. The first-order chi connectivity index (χ1) is 8.63. The van der Waals surface area contributed by atoms with Gasteiger partial charge >= 0.3 is 5.69 Å². The second-order valence-corrected chi connectivity index (χ2v) is 3.63. The van der Waals surface area contributed by atoms with Crippen LogP contribution in [-0.4, -0.2) is 41.7 Å². The van der Waals surface area contributed by atoms with Gasteiger partial charge in [0, 0.05) is 14.2 Å². The average Bonchev–Trinajstić information content (AvgIpc) is 2.37. The van der Waals surface area contributed by atoms with Crippen molar-refractivity contribution in [1.82, 2.24) is 9.97 Å². The van der Waals surface area contributed by atoms with E-state index in [-0.39, 0.29) is 23.4 Å². The molecule has 0 aromatic carbocycles. The SMILES string of the molecule is CCC(COC)Nc1ncnc(NC)c1[N+](=O)[O-]. The van der Waals surface area contributed by atoms with E-state index in [1.54, 1.807) is 14.2 Å². The minimum Gasteiger partial charge on any atom is -0.383 e. The Morgan fingerprint density at radius 3 is 2.67 bits per heavy atom. The van der Waals surface area contributed by atoms with Crippen molar-refractivity contribution in [3.05, 3.63) is 16.4 Å². The summed E-state index contributed by atoms with van der Waals surface area (Å²) in [6.45, 7) is 2.41. The van der Waals surface area contributed by atoms with Crippen molar-refractivity contribution in [2.75, 3.05) is 31.4 Å². The smallest absolute Gasteiger partial charge is 0.353 e. The minimum atomic E-state index is -0.506. The van der Waals surface area contributed by atoms with Crippen molar-refractivity contribution >= 4 is 17.3 Å². The minimum absolute atomic E-state index is 0.0340. The summed E-state index contributed by atoms with van der Waals surface area (Å²) >= 11 is 0. The van der Waals surface area contributed by atoms with E-state index in [0.717, 1.165) is 6.42 Å². The second kappa shape index (κ2) is 6.70. The van der Waals surface area contributed by atoms with Gasteiger partial charge in [0.25, 0.3) is 0 Å². The molecule has 0 saturated heterocycles. The zero-order chi connectivity index (χ0) is 13.5. The van der Waals surface area contributed by atoms with E-state index in [1.165, 1.54) is 6.33 Å². The van der Waals surface area contributed by atoms with Gasteiger partial charge in [0.15, 0.2) is 0 Å². The highest BCUT2D eigenvalue weighted by molar-refractivity contribution is 5.69. The number of anilines is 2. The van der Waals surface area contributed by atoms with E-state index in [1.807, 2.05) is 6.92 Å². The van der Waals surface area contributed by atoms with Crippen LogP contribution in [0.4, 0.5) is 17.3 Å². The third kappa shape index (κ3) is 3.27. The summed E-state index contributed by atoms with van der Waals surface area (Å²) < 4.78 is 5.03. The Balaban J connectivity index is 3.03. The number of hydrogen-bond donors (Lipinski definition) is 2. The number of hydrogen-bond acceptors (Lipinski definition) is 7. The molecule has 100 valence electrons. The van der Waals surface area contributed by atoms with Gasteiger partial charge in [0.05, 0.1) is 17.6 Å². The molecule has 0 aliphatic carbocycles. The van der Waals surface area contributed by atoms with Crippen LogP contribution in [0.5, 0.6) is 0 Å². The number of methoxy groups -OCH3 is 1. The number of nitro groups is 1. The fourth-order valence-electron chi connectivity index (χ4n) is 1.50. The Morgan fingerprint density at radius 2 is 2.17 bits per heavy atom. The van der Waals surface area contributed by atoms with Gasteiger partial charge in [-0.05, 0) is 6.42 Å². The van der Waals surface area contributed by atoms with Crippen LogP contribution < -0.4 is 10.6 Å². The first-order valence-electron chi connectivity index (χ1n) is 5.56. The molecular weight excluding hydrogens is 238 g/mol. The number of nitrogens with zero attached hydrogens (tertiary/aromatic N) is 3. The van der Waals surface area contributed by atoms with Crippen LogP contribution >= 0.6 is 0 Å². The van der Waals surface area contributed by atoms with Crippen LogP contribution in [0.3, 0.4) is 0 Å². The molecule has 0 spiro atoms. The highest BCUT2D eigenvalue weighted by atomic mass is 16.6. The standard InChI is InChI=1S/C10H17N5O3/c1-4-7(5-18-3)14-10-8(15(16)17)9(11-2)12-6-13-10/h6-7H,4-5H2,1-3H3,(H2,11,12,13,14). The number of rotatable bonds is 7. The van der Waals surface area contributed by atoms with Crippen LogP contribution in [0.25, 0.3) is 0 Å². The maximum atomic E-state index is 11.0. The fraction of sp³-hybridized carbons (Fsp3) is 0.600. The second-order valence-electron chi connectivity index (χ2n) is 3.63. The summed E-state index contributed by atoms with van der Waals surface area (Å²) in [5, 5.41) is 16.7. The third-order valence-corrected chi connectivity index (χ3v) is 2.44. The van der Waals surface area contributed by atoms with Gasteiger partial charge in [-0.2, -0.15) is 0 Å². The lowest BCUT2D eigenvalue weighted by Gasteiger charge is -2.16. The highest BCUT2D eigenvalue weighted by Crippen LogP contribution is 2.28. The Labute approximate surface area is 105 Å². The van der Waals surface area contributed by atoms with Gasteiger partial charge < -0.3 is 15.4 Å². The number of nitrogens with one attached hydrogen (secondary N) is 2. The zero-order valence-electron chi connectivity index (χ0n) is 10.6. The Hall–Kier alpha value is -1.96. The molecule has 1 unspecified atom stereocenters. The van der Waals surface area contributed by atoms with E-state index in [4.69, 9.17) is 4.74 Å². The molecule has 0 bridgehead atoms. The first kappa shape index (κ1) is 14.1. The summed E-state index contributed by atoms with van der Waals surface area (Å²) in [5.41, 5.74) is -0.158. The lowest BCUT2D eigenvalue weighted by atomic mass is 10.2. The van der Waals surface area contributed by atoms with Gasteiger partial charge in [-0.1, -0.05) is 6.92 Å². The molecule has 1 rings (SSSR count). The molecule has 2 N–H and O–H groups in total. The number of aromatic nitrogens is 2. The summed E-state index contributed by atoms with van der Waals surface area (Å²) in [6, 6.07) is -0.0340. The van der Waals surface area contributed by atoms with Crippen molar-refractivity contribution in [3.63, 3.8) is 0 Å². The van der Waals surface area contributed by atoms with Gasteiger partial charge in [0.2, 0.25) is 11.6 Å². The van der Waals surface area contributed by atoms with Crippen molar-refractivity contribution in [3.8, 4) is 0 Å². The Morgan fingerprint density at radius 1 is 1.50 bits per heavy atom. The molecule has 0 aliphatic rings. The third-order valence-electron chi connectivity index (χ3n) is 2.44. The van der Waals surface area contributed by atoms with E-state index in [9.17, 15) is 10.1 Å². The van der Waals surface area contributed by atoms with Crippen LogP contribution in [0.1, 0.15) is 13.3 Å². The molecule has 0 amide bonds. The highest BCUT2D eigenvalue weighted by Gasteiger charge is 2.23. The van der Waals surface area contributed by atoms with Crippen molar-refractivity contribution in [1.29, 1.82) is 0 Å². The maximum absolute atomic E-state index is 11.0. The largest absolute Gasteiger partial charge is 0.383 e. The molecule has 1 atom stereocenters. The summed E-state index contributed by atoms with van der Waals surface area (Å²) in [4.78, 5) is 18.3. The lowest BCUT2D eigenvalue weighted by Crippen LogP contribution is -2.25. The van der Waals surface area contributed by atoms with Crippen LogP contribution in [-0.2, 0) is 4.74 Å². The van der Waals surface area contributed by atoms with Crippen molar-refractivity contribution < 1.29 is 9.66 Å². The first-order valence-corrected chi connectivity index (χ1v) is 5.56.